The number of imidazole rings is 1. The third kappa shape index (κ3) is 2.12. The van der Waals surface area contributed by atoms with Crippen LogP contribution in [0.25, 0.3) is 11.2 Å². The van der Waals surface area contributed by atoms with Crippen LogP contribution in [-0.4, -0.2) is 24.5 Å². The highest BCUT2D eigenvalue weighted by Gasteiger charge is 2.10. The number of pyridine rings is 1. The molecule has 6 nitrogen and oxygen atoms in total. The van der Waals surface area contributed by atoms with Gasteiger partial charge in [0.15, 0.2) is 5.65 Å². The Morgan fingerprint density at radius 1 is 1.05 bits per heavy atom. The van der Waals surface area contributed by atoms with E-state index in [2.05, 4.69) is 19.9 Å². The predicted molar refractivity (Wildman–Crippen MR) is 72.5 cm³/mol. The Labute approximate surface area is 110 Å². The number of fused-ring (bicyclic) bond motifs is 1. The summed E-state index contributed by atoms with van der Waals surface area (Å²) in [5.74, 6) is 0.440. The molecule has 0 aliphatic rings. The molecule has 6 heteroatoms. The molecular formula is C13H14N6. The van der Waals surface area contributed by atoms with Crippen molar-refractivity contribution in [2.45, 2.75) is 20.4 Å². The van der Waals surface area contributed by atoms with Gasteiger partial charge in [-0.05, 0) is 26.0 Å². The minimum Gasteiger partial charge on any atom is -0.369 e. The SMILES string of the molecule is Cc1cnc(Cn2c(N)nc3ccc(C)nc32)cn1. The molecule has 0 amide bonds. The van der Waals surface area contributed by atoms with E-state index in [1.165, 1.54) is 0 Å². The summed E-state index contributed by atoms with van der Waals surface area (Å²) in [6.45, 7) is 4.37. The smallest absolute Gasteiger partial charge is 0.202 e. The maximum Gasteiger partial charge on any atom is 0.202 e. The Morgan fingerprint density at radius 3 is 2.63 bits per heavy atom. The van der Waals surface area contributed by atoms with Crippen molar-refractivity contribution in [2.75, 3.05) is 5.73 Å². The number of nitrogen functional groups attached to an aromatic ring is 1. The molecule has 0 aliphatic carbocycles. The zero-order valence-corrected chi connectivity index (χ0v) is 10.8. The number of aromatic nitrogens is 5. The number of aryl methyl sites for hydroxylation is 2. The van der Waals surface area contributed by atoms with Crippen LogP contribution in [0.1, 0.15) is 17.1 Å². The molecule has 0 unspecified atom stereocenters. The quantitative estimate of drug-likeness (QED) is 0.748. The second-order valence-corrected chi connectivity index (χ2v) is 4.50. The van der Waals surface area contributed by atoms with Crippen LogP contribution in [0.2, 0.25) is 0 Å². The molecule has 3 aromatic heterocycles. The van der Waals surface area contributed by atoms with E-state index in [-0.39, 0.29) is 0 Å². The highest BCUT2D eigenvalue weighted by molar-refractivity contribution is 5.74. The van der Waals surface area contributed by atoms with E-state index in [0.717, 1.165) is 28.2 Å². The van der Waals surface area contributed by atoms with Crippen LogP contribution in [0, 0.1) is 13.8 Å². The van der Waals surface area contributed by atoms with E-state index in [1.807, 2.05) is 30.5 Å². The summed E-state index contributed by atoms with van der Waals surface area (Å²) >= 11 is 0. The Bertz CT molecular complexity index is 729. The number of hydrogen-bond donors (Lipinski definition) is 1. The van der Waals surface area contributed by atoms with Crippen molar-refractivity contribution in [1.29, 1.82) is 0 Å². The van der Waals surface area contributed by atoms with Gasteiger partial charge in [0.25, 0.3) is 0 Å². The zero-order chi connectivity index (χ0) is 13.4. The van der Waals surface area contributed by atoms with Crippen molar-refractivity contribution in [3.63, 3.8) is 0 Å². The lowest BCUT2D eigenvalue weighted by Crippen LogP contribution is -2.07. The summed E-state index contributed by atoms with van der Waals surface area (Å²) in [6.07, 6.45) is 3.49. The molecule has 0 atom stereocenters. The van der Waals surface area contributed by atoms with Gasteiger partial charge in [0.2, 0.25) is 5.95 Å². The minimum absolute atomic E-state index is 0.440. The lowest BCUT2D eigenvalue weighted by atomic mass is 10.3. The van der Waals surface area contributed by atoms with Crippen LogP contribution >= 0.6 is 0 Å². The summed E-state index contributed by atoms with van der Waals surface area (Å²) in [7, 11) is 0. The van der Waals surface area contributed by atoms with Gasteiger partial charge in [0.05, 0.1) is 24.1 Å². The van der Waals surface area contributed by atoms with Gasteiger partial charge >= 0.3 is 0 Å². The standard InChI is InChI=1S/C13H14N6/c1-8-3-4-11-12(17-8)19(13(14)18-11)7-10-6-15-9(2)5-16-10/h3-6H,7H2,1-2H3,(H2,14,18). The summed E-state index contributed by atoms with van der Waals surface area (Å²) < 4.78 is 1.85. The van der Waals surface area contributed by atoms with Crippen molar-refractivity contribution >= 4 is 17.1 Å². The van der Waals surface area contributed by atoms with Crippen molar-refractivity contribution in [1.82, 2.24) is 24.5 Å². The van der Waals surface area contributed by atoms with Crippen LogP contribution in [-0.2, 0) is 6.54 Å². The normalized spacial score (nSPS) is 11.1. The first kappa shape index (κ1) is 11.6. The van der Waals surface area contributed by atoms with E-state index in [4.69, 9.17) is 5.73 Å². The van der Waals surface area contributed by atoms with Gasteiger partial charge in [-0.25, -0.2) is 9.97 Å². The van der Waals surface area contributed by atoms with Crippen LogP contribution < -0.4 is 5.73 Å². The van der Waals surface area contributed by atoms with Crippen molar-refractivity contribution in [3.05, 3.63) is 41.6 Å². The lowest BCUT2D eigenvalue weighted by Gasteiger charge is -2.05. The molecule has 0 aliphatic heterocycles. The van der Waals surface area contributed by atoms with Gasteiger partial charge in [-0.15, -0.1) is 0 Å². The van der Waals surface area contributed by atoms with Crippen LogP contribution in [0.4, 0.5) is 5.95 Å². The fourth-order valence-corrected chi connectivity index (χ4v) is 1.93. The largest absolute Gasteiger partial charge is 0.369 e. The molecule has 0 spiro atoms. The second-order valence-electron chi connectivity index (χ2n) is 4.50. The molecule has 0 aromatic carbocycles. The maximum absolute atomic E-state index is 5.94. The van der Waals surface area contributed by atoms with Crippen molar-refractivity contribution < 1.29 is 0 Å². The zero-order valence-electron chi connectivity index (χ0n) is 10.8. The summed E-state index contributed by atoms with van der Waals surface area (Å²) in [5.41, 5.74) is 10.2. The Kier molecular flexibility index (Phi) is 2.63. The van der Waals surface area contributed by atoms with Crippen molar-refractivity contribution in [2.24, 2.45) is 0 Å². The van der Waals surface area contributed by atoms with Crippen molar-refractivity contribution in [3.8, 4) is 0 Å². The molecule has 0 fully saturated rings. The Balaban J connectivity index is 2.06. The third-order valence-corrected chi connectivity index (χ3v) is 2.92. The van der Waals surface area contributed by atoms with Gasteiger partial charge in [-0.2, -0.15) is 0 Å². The number of nitrogens with zero attached hydrogens (tertiary/aromatic N) is 5. The second kappa shape index (κ2) is 4.31. The highest BCUT2D eigenvalue weighted by atomic mass is 15.2. The fraction of sp³-hybridized carbons (Fsp3) is 0.231. The van der Waals surface area contributed by atoms with E-state index in [1.54, 1.807) is 12.4 Å². The molecule has 3 rings (SSSR count). The topological polar surface area (TPSA) is 82.5 Å². The molecule has 3 aromatic rings. The third-order valence-electron chi connectivity index (χ3n) is 2.92. The molecule has 0 saturated carbocycles. The lowest BCUT2D eigenvalue weighted by molar-refractivity contribution is 0.789. The molecule has 2 N–H and O–H groups in total. The number of rotatable bonds is 2. The summed E-state index contributed by atoms with van der Waals surface area (Å²) in [4.78, 5) is 17.3. The maximum atomic E-state index is 5.94. The number of anilines is 1. The Morgan fingerprint density at radius 2 is 1.89 bits per heavy atom. The first-order valence-corrected chi connectivity index (χ1v) is 6.00. The van der Waals surface area contributed by atoms with Gasteiger partial charge in [0.1, 0.15) is 5.52 Å². The van der Waals surface area contributed by atoms with Gasteiger partial charge in [-0.3, -0.25) is 14.5 Å². The molecular weight excluding hydrogens is 240 g/mol. The highest BCUT2D eigenvalue weighted by Crippen LogP contribution is 2.17. The molecule has 96 valence electrons. The van der Waals surface area contributed by atoms with E-state index in [9.17, 15) is 0 Å². The van der Waals surface area contributed by atoms with Gasteiger partial charge in [-0.1, -0.05) is 0 Å². The minimum atomic E-state index is 0.440. The van der Waals surface area contributed by atoms with Crippen LogP contribution in [0.5, 0.6) is 0 Å². The van der Waals surface area contributed by atoms with Gasteiger partial charge < -0.3 is 5.73 Å². The number of nitrogens with two attached hydrogens (primary N) is 1. The van der Waals surface area contributed by atoms with E-state index >= 15 is 0 Å². The number of hydrogen-bond acceptors (Lipinski definition) is 5. The van der Waals surface area contributed by atoms with E-state index in [0.29, 0.717) is 12.5 Å². The molecule has 3 heterocycles. The first-order valence-electron chi connectivity index (χ1n) is 6.00. The fourth-order valence-electron chi connectivity index (χ4n) is 1.93. The monoisotopic (exact) mass is 254 g/mol. The summed E-state index contributed by atoms with van der Waals surface area (Å²) in [6, 6.07) is 3.84. The molecule has 0 saturated heterocycles. The van der Waals surface area contributed by atoms with E-state index < -0.39 is 0 Å². The summed E-state index contributed by atoms with van der Waals surface area (Å²) in [5, 5.41) is 0. The molecule has 0 bridgehead atoms. The van der Waals surface area contributed by atoms with Gasteiger partial charge in [0, 0.05) is 11.9 Å². The molecule has 0 radical (unpaired) electrons. The Hall–Kier alpha value is -2.50. The van der Waals surface area contributed by atoms with Crippen LogP contribution in [0.3, 0.4) is 0 Å². The average Bonchev–Trinajstić information content (AvgIpc) is 2.69. The predicted octanol–water partition coefficient (Wildman–Crippen LogP) is 1.47. The van der Waals surface area contributed by atoms with Crippen LogP contribution in [0.15, 0.2) is 24.5 Å². The first-order chi connectivity index (χ1) is 9.13. The average molecular weight is 254 g/mol. The molecule has 19 heavy (non-hydrogen) atoms.